The number of rotatable bonds is 3. The summed E-state index contributed by atoms with van der Waals surface area (Å²) in [5, 5.41) is 3.27. The van der Waals surface area contributed by atoms with Crippen LogP contribution in [0.3, 0.4) is 0 Å². The predicted octanol–water partition coefficient (Wildman–Crippen LogP) is 4.21. The minimum Gasteiger partial charge on any atom is -0.351 e. The fourth-order valence-electron chi connectivity index (χ4n) is 5.18. The quantitative estimate of drug-likeness (QED) is 0.884. The van der Waals surface area contributed by atoms with E-state index in [2.05, 4.69) is 12.2 Å². The number of fused-ring (bicyclic) bond motifs is 1. The van der Waals surface area contributed by atoms with Crippen molar-refractivity contribution >= 4 is 11.8 Å². The zero-order valence-electron chi connectivity index (χ0n) is 15.7. The standard InChI is InChI=1S/C22H30N2O2/c1-15-9-5-8-14-19(15)24-20(17-12-6-7-13-18(17)22(24)26)21(25)23-16-10-3-2-4-11-16/h6-7,12-13,15-16,19-20H,2-5,8-11,14H2,1H3,(H,23,25)/t15-,19+,20+/m1/s1. The van der Waals surface area contributed by atoms with Crippen molar-refractivity contribution in [3.05, 3.63) is 35.4 Å². The summed E-state index contributed by atoms with van der Waals surface area (Å²) in [4.78, 5) is 28.4. The van der Waals surface area contributed by atoms with Gasteiger partial charge in [-0.2, -0.15) is 0 Å². The number of hydrogen-bond acceptors (Lipinski definition) is 2. The number of carbonyl (C=O) groups is 2. The number of hydrogen-bond donors (Lipinski definition) is 1. The van der Waals surface area contributed by atoms with Gasteiger partial charge in [-0.25, -0.2) is 0 Å². The number of amides is 2. The molecule has 0 bridgehead atoms. The topological polar surface area (TPSA) is 49.4 Å². The van der Waals surface area contributed by atoms with Gasteiger partial charge in [-0.15, -0.1) is 0 Å². The Balaban J connectivity index is 1.63. The first-order chi connectivity index (χ1) is 12.7. The molecule has 4 nitrogen and oxygen atoms in total. The molecular weight excluding hydrogens is 324 g/mol. The average molecular weight is 354 g/mol. The van der Waals surface area contributed by atoms with Crippen molar-refractivity contribution in [2.24, 2.45) is 5.92 Å². The van der Waals surface area contributed by atoms with Gasteiger partial charge in [0.25, 0.3) is 5.91 Å². The summed E-state index contributed by atoms with van der Waals surface area (Å²) in [6, 6.07) is 7.68. The first-order valence-corrected chi connectivity index (χ1v) is 10.4. The molecule has 3 atom stereocenters. The summed E-state index contributed by atoms with van der Waals surface area (Å²) in [5.41, 5.74) is 1.61. The minimum atomic E-state index is -0.453. The van der Waals surface area contributed by atoms with Crippen LogP contribution in [-0.4, -0.2) is 28.8 Å². The molecule has 0 unspecified atom stereocenters. The molecule has 1 N–H and O–H groups in total. The van der Waals surface area contributed by atoms with E-state index in [4.69, 9.17) is 0 Å². The summed E-state index contributed by atoms with van der Waals surface area (Å²) < 4.78 is 0. The molecule has 2 amide bonds. The van der Waals surface area contributed by atoms with E-state index in [-0.39, 0.29) is 23.9 Å². The Labute approximate surface area is 156 Å². The lowest BCUT2D eigenvalue weighted by Crippen LogP contribution is -2.49. The van der Waals surface area contributed by atoms with E-state index in [1.165, 1.54) is 25.7 Å². The lowest BCUT2D eigenvalue weighted by Gasteiger charge is -2.39. The van der Waals surface area contributed by atoms with Crippen LogP contribution in [0.2, 0.25) is 0 Å². The zero-order valence-corrected chi connectivity index (χ0v) is 15.7. The van der Waals surface area contributed by atoms with Gasteiger partial charge >= 0.3 is 0 Å². The highest BCUT2D eigenvalue weighted by Gasteiger charge is 2.46. The molecule has 1 aromatic carbocycles. The molecule has 0 saturated heterocycles. The normalized spacial score (nSPS) is 29.5. The molecule has 0 radical (unpaired) electrons. The average Bonchev–Trinajstić information content (AvgIpc) is 2.96. The van der Waals surface area contributed by atoms with Crippen LogP contribution in [0.15, 0.2) is 24.3 Å². The van der Waals surface area contributed by atoms with Crippen molar-refractivity contribution in [3.63, 3.8) is 0 Å². The fraction of sp³-hybridized carbons (Fsp3) is 0.636. The Morgan fingerprint density at radius 1 is 1.00 bits per heavy atom. The van der Waals surface area contributed by atoms with Crippen molar-refractivity contribution in [1.82, 2.24) is 10.2 Å². The summed E-state index contributed by atoms with van der Waals surface area (Å²) in [5.74, 6) is 0.517. The van der Waals surface area contributed by atoms with Crippen LogP contribution < -0.4 is 5.32 Å². The number of nitrogens with one attached hydrogen (secondary N) is 1. The predicted molar refractivity (Wildman–Crippen MR) is 102 cm³/mol. The van der Waals surface area contributed by atoms with Gasteiger partial charge in [-0.05, 0) is 43.2 Å². The molecule has 1 heterocycles. The largest absolute Gasteiger partial charge is 0.351 e. The van der Waals surface area contributed by atoms with Crippen LogP contribution in [0.25, 0.3) is 0 Å². The van der Waals surface area contributed by atoms with Crippen molar-refractivity contribution in [1.29, 1.82) is 0 Å². The number of carbonyl (C=O) groups excluding carboxylic acids is 2. The third kappa shape index (κ3) is 3.15. The van der Waals surface area contributed by atoms with Crippen molar-refractivity contribution in [2.45, 2.75) is 82.8 Å². The number of nitrogens with zero attached hydrogens (tertiary/aromatic N) is 1. The van der Waals surface area contributed by atoms with E-state index in [0.717, 1.165) is 37.7 Å². The SMILES string of the molecule is C[C@@H]1CCCC[C@@H]1N1C(=O)c2ccccc2[C@H]1C(=O)NC1CCCCC1. The van der Waals surface area contributed by atoms with E-state index >= 15 is 0 Å². The van der Waals surface area contributed by atoms with E-state index in [1.54, 1.807) is 0 Å². The van der Waals surface area contributed by atoms with E-state index < -0.39 is 6.04 Å². The molecule has 140 valence electrons. The molecule has 2 fully saturated rings. The molecule has 26 heavy (non-hydrogen) atoms. The van der Waals surface area contributed by atoms with Crippen LogP contribution >= 0.6 is 0 Å². The molecule has 4 rings (SSSR count). The maximum absolute atomic E-state index is 13.3. The summed E-state index contributed by atoms with van der Waals surface area (Å²) in [7, 11) is 0. The Morgan fingerprint density at radius 2 is 1.69 bits per heavy atom. The third-order valence-corrected chi connectivity index (χ3v) is 6.62. The maximum atomic E-state index is 13.3. The Bertz CT molecular complexity index is 680. The number of benzene rings is 1. The summed E-state index contributed by atoms with van der Waals surface area (Å²) >= 11 is 0. The van der Waals surface area contributed by atoms with E-state index in [1.807, 2.05) is 29.2 Å². The second-order valence-electron chi connectivity index (χ2n) is 8.37. The van der Waals surface area contributed by atoms with Gasteiger partial charge in [0.1, 0.15) is 6.04 Å². The summed E-state index contributed by atoms with van der Waals surface area (Å²) in [6.07, 6.45) is 10.3. The highest BCUT2D eigenvalue weighted by Crippen LogP contribution is 2.40. The van der Waals surface area contributed by atoms with Gasteiger partial charge in [0.2, 0.25) is 5.91 Å². The van der Waals surface area contributed by atoms with E-state index in [9.17, 15) is 9.59 Å². The molecule has 0 spiro atoms. The maximum Gasteiger partial charge on any atom is 0.255 e. The van der Waals surface area contributed by atoms with Gasteiger partial charge in [0, 0.05) is 17.6 Å². The van der Waals surface area contributed by atoms with Crippen molar-refractivity contribution in [3.8, 4) is 0 Å². The van der Waals surface area contributed by atoms with Crippen LogP contribution in [0.4, 0.5) is 0 Å². The highest BCUT2D eigenvalue weighted by atomic mass is 16.2. The van der Waals surface area contributed by atoms with Gasteiger partial charge in [-0.3, -0.25) is 9.59 Å². The molecule has 4 heteroatoms. The van der Waals surface area contributed by atoms with Crippen LogP contribution in [0.1, 0.15) is 86.7 Å². The Morgan fingerprint density at radius 3 is 2.46 bits per heavy atom. The van der Waals surface area contributed by atoms with Crippen LogP contribution in [0.5, 0.6) is 0 Å². The smallest absolute Gasteiger partial charge is 0.255 e. The van der Waals surface area contributed by atoms with Crippen LogP contribution in [-0.2, 0) is 4.79 Å². The second kappa shape index (κ2) is 7.42. The zero-order chi connectivity index (χ0) is 18.1. The second-order valence-corrected chi connectivity index (χ2v) is 8.37. The Hall–Kier alpha value is -1.84. The monoisotopic (exact) mass is 354 g/mol. The van der Waals surface area contributed by atoms with Gasteiger partial charge < -0.3 is 10.2 Å². The van der Waals surface area contributed by atoms with Crippen LogP contribution in [0, 0.1) is 5.92 Å². The molecule has 0 aromatic heterocycles. The molecule has 1 aliphatic heterocycles. The first-order valence-electron chi connectivity index (χ1n) is 10.4. The molecule has 3 aliphatic rings. The molecule has 2 aliphatic carbocycles. The van der Waals surface area contributed by atoms with Crippen molar-refractivity contribution in [2.75, 3.05) is 0 Å². The first kappa shape index (κ1) is 17.6. The Kier molecular flexibility index (Phi) is 5.01. The molecule has 1 aromatic rings. The third-order valence-electron chi connectivity index (χ3n) is 6.62. The fourth-order valence-corrected chi connectivity index (χ4v) is 5.18. The van der Waals surface area contributed by atoms with Crippen molar-refractivity contribution < 1.29 is 9.59 Å². The minimum absolute atomic E-state index is 0.0213. The van der Waals surface area contributed by atoms with E-state index in [0.29, 0.717) is 11.5 Å². The van der Waals surface area contributed by atoms with Gasteiger partial charge in [0.15, 0.2) is 0 Å². The lowest BCUT2D eigenvalue weighted by molar-refractivity contribution is -0.127. The highest BCUT2D eigenvalue weighted by molar-refractivity contribution is 6.05. The lowest BCUT2D eigenvalue weighted by atomic mass is 9.84. The summed E-state index contributed by atoms with van der Waals surface area (Å²) in [6.45, 7) is 2.23. The van der Waals surface area contributed by atoms with Gasteiger partial charge in [-0.1, -0.05) is 57.2 Å². The molecule has 2 saturated carbocycles. The van der Waals surface area contributed by atoms with Gasteiger partial charge in [0.05, 0.1) is 0 Å². The molecular formula is C22H30N2O2.